The summed E-state index contributed by atoms with van der Waals surface area (Å²) in [6.07, 6.45) is 2.18. The Balaban J connectivity index is 1.61. The average Bonchev–Trinajstić information content (AvgIpc) is 2.68. The van der Waals surface area contributed by atoms with Gasteiger partial charge < -0.3 is 4.74 Å². The smallest absolute Gasteiger partial charge is 0.209 e. The molecule has 3 unspecified atom stereocenters. The highest BCUT2D eigenvalue weighted by atomic mass is 32.2. The third-order valence-electron chi connectivity index (χ3n) is 5.52. The molecule has 0 radical (unpaired) electrons. The summed E-state index contributed by atoms with van der Waals surface area (Å²) in [5.41, 5.74) is 3.23. The van der Waals surface area contributed by atoms with Gasteiger partial charge >= 0.3 is 0 Å². The molecular formula is C22H29FN2O3S. The van der Waals surface area contributed by atoms with Crippen LogP contribution in [0.4, 0.5) is 4.39 Å². The minimum Gasteiger partial charge on any atom is -0.379 e. The molecule has 2 aromatic rings. The van der Waals surface area contributed by atoms with Crippen LogP contribution in [-0.4, -0.2) is 45.9 Å². The Morgan fingerprint density at radius 3 is 2.41 bits per heavy atom. The molecule has 1 saturated heterocycles. The number of hydrogen-bond donors (Lipinski definition) is 1. The van der Waals surface area contributed by atoms with E-state index in [2.05, 4.69) is 9.62 Å². The predicted molar refractivity (Wildman–Crippen MR) is 113 cm³/mol. The molecule has 7 heteroatoms. The lowest BCUT2D eigenvalue weighted by Gasteiger charge is -2.38. The molecule has 29 heavy (non-hydrogen) atoms. The summed E-state index contributed by atoms with van der Waals surface area (Å²) in [5, 5.41) is 0. The average molecular weight is 421 g/mol. The number of rotatable bonds is 7. The first-order chi connectivity index (χ1) is 13.7. The summed E-state index contributed by atoms with van der Waals surface area (Å²) in [4.78, 5) is 2.36. The fourth-order valence-corrected chi connectivity index (χ4v) is 4.79. The monoisotopic (exact) mass is 420 g/mol. The van der Waals surface area contributed by atoms with Crippen LogP contribution >= 0.6 is 0 Å². The number of likely N-dealkylation sites (tertiary alicyclic amines) is 1. The second-order valence-electron chi connectivity index (χ2n) is 7.81. The van der Waals surface area contributed by atoms with Gasteiger partial charge in [0.25, 0.3) is 0 Å². The minimum atomic E-state index is -3.24. The molecule has 0 amide bonds. The van der Waals surface area contributed by atoms with Crippen LogP contribution in [0.25, 0.3) is 0 Å². The topological polar surface area (TPSA) is 58.6 Å². The van der Waals surface area contributed by atoms with Gasteiger partial charge in [-0.3, -0.25) is 4.90 Å². The fraction of sp³-hybridized carbons (Fsp3) is 0.455. The first-order valence-electron chi connectivity index (χ1n) is 9.82. The largest absolute Gasteiger partial charge is 0.379 e. The molecule has 1 fully saturated rings. The summed E-state index contributed by atoms with van der Waals surface area (Å²) in [6, 6.07) is 14.5. The molecule has 0 aliphatic carbocycles. The predicted octanol–water partition coefficient (Wildman–Crippen LogP) is 3.44. The third kappa shape index (κ3) is 6.09. The van der Waals surface area contributed by atoms with Crippen LogP contribution in [0.5, 0.6) is 0 Å². The number of sulfonamides is 1. The summed E-state index contributed by atoms with van der Waals surface area (Å²) in [7, 11) is -1.51. The molecular weight excluding hydrogens is 391 g/mol. The first-order valence-corrected chi connectivity index (χ1v) is 11.7. The Kier molecular flexibility index (Phi) is 7.05. The van der Waals surface area contributed by atoms with E-state index in [0.717, 1.165) is 37.2 Å². The highest BCUT2D eigenvalue weighted by Crippen LogP contribution is 2.31. The molecule has 1 heterocycles. The van der Waals surface area contributed by atoms with E-state index in [9.17, 15) is 12.8 Å². The zero-order valence-electron chi connectivity index (χ0n) is 17.1. The van der Waals surface area contributed by atoms with E-state index < -0.39 is 10.0 Å². The Morgan fingerprint density at radius 2 is 1.83 bits per heavy atom. The highest BCUT2D eigenvalue weighted by Gasteiger charge is 2.30. The van der Waals surface area contributed by atoms with Crippen LogP contribution in [0.2, 0.25) is 0 Å². The van der Waals surface area contributed by atoms with Crippen molar-refractivity contribution in [3.63, 3.8) is 0 Å². The van der Waals surface area contributed by atoms with E-state index in [1.807, 2.05) is 43.3 Å². The fourth-order valence-electron chi connectivity index (χ4n) is 4.01. The van der Waals surface area contributed by atoms with Crippen LogP contribution in [0.15, 0.2) is 48.5 Å². The Hall–Kier alpha value is -1.80. The standard InChI is InChI=1S/C22H29FN2O3S/c1-16(24-29(3,26)27)18-6-4-17(5-7-18)14-25-13-12-21(22(15-25)28-2)19-8-10-20(23)11-9-19/h4-11,16,21-22,24H,12-15H2,1-3H3. The number of halogens is 1. The Morgan fingerprint density at radius 1 is 1.17 bits per heavy atom. The van der Waals surface area contributed by atoms with Crippen molar-refractivity contribution in [2.45, 2.75) is 38.0 Å². The molecule has 0 saturated carbocycles. The summed E-state index contributed by atoms with van der Waals surface area (Å²) in [6.45, 7) is 4.39. The number of hydrogen-bond acceptors (Lipinski definition) is 4. The lowest BCUT2D eigenvalue weighted by atomic mass is 9.86. The summed E-state index contributed by atoms with van der Waals surface area (Å²) in [5.74, 6) is 0.0480. The van der Waals surface area contributed by atoms with E-state index in [4.69, 9.17) is 4.74 Å². The number of nitrogens with one attached hydrogen (secondary N) is 1. The van der Waals surface area contributed by atoms with E-state index in [0.29, 0.717) is 0 Å². The van der Waals surface area contributed by atoms with Gasteiger partial charge in [0.05, 0.1) is 12.4 Å². The molecule has 3 rings (SSSR count). The molecule has 1 aliphatic rings. The van der Waals surface area contributed by atoms with Crippen LogP contribution in [0.3, 0.4) is 0 Å². The van der Waals surface area contributed by atoms with Crippen LogP contribution in [0.1, 0.15) is 42.0 Å². The third-order valence-corrected chi connectivity index (χ3v) is 6.30. The van der Waals surface area contributed by atoms with E-state index >= 15 is 0 Å². The quantitative estimate of drug-likeness (QED) is 0.746. The zero-order chi connectivity index (χ0) is 21.0. The van der Waals surface area contributed by atoms with Crippen molar-refractivity contribution < 1.29 is 17.5 Å². The lowest BCUT2D eigenvalue weighted by molar-refractivity contribution is 0.0118. The van der Waals surface area contributed by atoms with Gasteiger partial charge in [-0.25, -0.2) is 17.5 Å². The van der Waals surface area contributed by atoms with Gasteiger partial charge in [0.1, 0.15) is 5.82 Å². The number of methoxy groups -OCH3 is 1. The van der Waals surface area contributed by atoms with Crippen molar-refractivity contribution >= 4 is 10.0 Å². The van der Waals surface area contributed by atoms with Crippen molar-refractivity contribution in [2.75, 3.05) is 26.5 Å². The van der Waals surface area contributed by atoms with E-state index in [1.165, 1.54) is 24.0 Å². The van der Waals surface area contributed by atoms with Crippen molar-refractivity contribution in [2.24, 2.45) is 0 Å². The van der Waals surface area contributed by atoms with Gasteiger partial charge in [-0.1, -0.05) is 36.4 Å². The van der Waals surface area contributed by atoms with Crippen LogP contribution in [0, 0.1) is 5.82 Å². The lowest BCUT2D eigenvalue weighted by Crippen LogP contribution is -2.43. The van der Waals surface area contributed by atoms with Crippen molar-refractivity contribution in [1.29, 1.82) is 0 Å². The van der Waals surface area contributed by atoms with Gasteiger partial charge in [-0.2, -0.15) is 0 Å². The van der Waals surface area contributed by atoms with Crippen molar-refractivity contribution in [1.82, 2.24) is 9.62 Å². The second-order valence-corrected chi connectivity index (χ2v) is 9.59. The van der Waals surface area contributed by atoms with Gasteiger partial charge in [0.2, 0.25) is 10.0 Å². The maximum Gasteiger partial charge on any atom is 0.209 e. The molecule has 1 aliphatic heterocycles. The van der Waals surface area contributed by atoms with Gasteiger partial charge in [-0.05, 0) is 48.7 Å². The molecule has 2 aromatic carbocycles. The van der Waals surface area contributed by atoms with Crippen molar-refractivity contribution in [3.05, 3.63) is 71.0 Å². The Bertz CT molecular complexity index is 901. The summed E-state index contributed by atoms with van der Waals surface area (Å²) < 4.78 is 44.4. The SMILES string of the molecule is COC1CN(Cc2ccc(C(C)NS(C)(=O)=O)cc2)CCC1c1ccc(F)cc1. The second kappa shape index (κ2) is 9.34. The summed E-state index contributed by atoms with van der Waals surface area (Å²) >= 11 is 0. The zero-order valence-corrected chi connectivity index (χ0v) is 18.0. The normalized spacial score (nSPS) is 21.8. The highest BCUT2D eigenvalue weighted by molar-refractivity contribution is 7.88. The van der Waals surface area contributed by atoms with Crippen LogP contribution in [-0.2, 0) is 21.3 Å². The Labute approximate surface area is 172 Å². The van der Waals surface area contributed by atoms with Crippen LogP contribution < -0.4 is 4.72 Å². The number of benzene rings is 2. The molecule has 0 aromatic heterocycles. The van der Waals surface area contributed by atoms with E-state index in [-0.39, 0.29) is 23.9 Å². The number of piperidine rings is 1. The number of ether oxygens (including phenoxy) is 1. The molecule has 158 valence electrons. The van der Waals surface area contributed by atoms with Crippen molar-refractivity contribution in [3.8, 4) is 0 Å². The van der Waals surface area contributed by atoms with Gasteiger partial charge in [0, 0.05) is 32.2 Å². The molecule has 0 spiro atoms. The van der Waals surface area contributed by atoms with Gasteiger partial charge in [-0.15, -0.1) is 0 Å². The maximum absolute atomic E-state index is 13.2. The number of nitrogens with zero attached hydrogens (tertiary/aromatic N) is 1. The maximum atomic E-state index is 13.2. The first kappa shape index (κ1) is 21.9. The molecule has 3 atom stereocenters. The van der Waals surface area contributed by atoms with Gasteiger partial charge in [0.15, 0.2) is 0 Å². The van der Waals surface area contributed by atoms with E-state index in [1.54, 1.807) is 7.11 Å². The molecule has 1 N–H and O–H groups in total. The molecule has 0 bridgehead atoms. The molecule has 5 nitrogen and oxygen atoms in total. The minimum absolute atomic E-state index is 0.0625.